The van der Waals surface area contributed by atoms with Gasteiger partial charge in [-0.2, -0.15) is 0 Å². The molecule has 0 amide bonds. The molecule has 3 aliphatic heterocycles. The number of piperidine rings is 2. The van der Waals surface area contributed by atoms with Crippen LogP contribution < -0.4 is 5.32 Å². The van der Waals surface area contributed by atoms with Crippen molar-refractivity contribution in [3.05, 3.63) is 0 Å². The molecular weight excluding hydrogens is 246 g/mol. The maximum absolute atomic E-state index is 3.99. The monoisotopic (exact) mass is 279 g/mol. The van der Waals surface area contributed by atoms with Gasteiger partial charge in [0.2, 0.25) is 0 Å². The second-order valence-electron chi connectivity index (χ2n) is 7.69. The van der Waals surface area contributed by atoms with E-state index in [1.54, 1.807) is 0 Å². The summed E-state index contributed by atoms with van der Waals surface area (Å²) >= 11 is 0. The van der Waals surface area contributed by atoms with E-state index in [0.29, 0.717) is 0 Å². The number of rotatable bonds is 4. The predicted molar refractivity (Wildman–Crippen MR) is 85.1 cm³/mol. The molecule has 0 aromatic heterocycles. The fraction of sp³-hybridized carbons (Fsp3) is 1.00. The highest BCUT2D eigenvalue weighted by Crippen LogP contribution is 2.27. The third-order valence-electron chi connectivity index (χ3n) is 5.50. The van der Waals surface area contributed by atoms with Gasteiger partial charge in [0, 0.05) is 24.7 Å². The summed E-state index contributed by atoms with van der Waals surface area (Å²) in [6.07, 6.45) is 8.39. The maximum atomic E-state index is 3.99. The first-order valence-electron chi connectivity index (χ1n) is 8.93. The summed E-state index contributed by atoms with van der Waals surface area (Å²) in [6.45, 7) is 11.3. The van der Waals surface area contributed by atoms with E-state index < -0.39 is 0 Å². The average Bonchev–Trinajstić information content (AvgIpc) is 2.88. The molecule has 3 rings (SSSR count). The number of nitrogens with zero attached hydrogens (tertiary/aromatic N) is 2. The van der Waals surface area contributed by atoms with Crippen LogP contribution in [0.25, 0.3) is 0 Å². The molecule has 0 aromatic rings. The molecule has 3 heteroatoms. The van der Waals surface area contributed by atoms with Gasteiger partial charge in [-0.15, -0.1) is 0 Å². The highest BCUT2D eigenvalue weighted by atomic mass is 15.2. The molecular formula is C17H33N3. The standard InChI is InChI=1S/C17H33N3/c1-14(2)13-19-9-5-15(6-10-19)18-16-7-11-20-8-3-4-17(20)12-16/h14-18H,3-13H2,1-2H3. The van der Waals surface area contributed by atoms with Crippen molar-refractivity contribution < 1.29 is 0 Å². The van der Waals surface area contributed by atoms with E-state index in [9.17, 15) is 0 Å². The highest BCUT2D eigenvalue weighted by Gasteiger charge is 2.32. The van der Waals surface area contributed by atoms with E-state index >= 15 is 0 Å². The normalized spacial score (nSPS) is 33.8. The minimum atomic E-state index is 0.788. The molecule has 0 saturated carbocycles. The molecule has 116 valence electrons. The van der Waals surface area contributed by atoms with Gasteiger partial charge in [-0.05, 0) is 70.6 Å². The van der Waals surface area contributed by atoms with E-state index in [1.165, 1.54) is 71.2 Å². The molecule has 3 nitrogen and oxygen atoms in total. The summed E-state index contributed by atoms with van der Waals surface area (Å²) in [5.74, 6) is 0.811. The van der Waals surface area contributed by atoms with Gasteiger partial charge in [0.15, 0.2) is 0 Å². The number of hydrogen-bond donors (Lipinski definition) is 1. The first kappa shape index (κ1) is 14.8. The lowest BCUT2D eigenvalue weighted by atomic mass is 9.95. The Kier molecular flexibility index (Phi) is 5.00. The van der Waals surface area contributed by atoms with Gasteiger partial charge in [-0.25, -0.2) is 0 Å². The molecule has 0 bridgehead atoms. The first-order chi connectivity index (χ1) is 9.70. The molecule has 0 spiro atoms. The topological polar surface area (TPSA) is 18.5 Å². The SMILES string of the molecule is CC(C)CN1CCC(NC2CCN3CCCC3C2)CC1. The lowest BCUT2D eigenvalue weighted by Gasteiger charge is -2.39. The van der Waals surface area contributed by atoms with E-state index in [4.69, 9.17) is 0 Å². The Balaban J connectivity index is 1.39. The van der Waals surface area contributed by atoms with Gasteiger partial charge in [0.05, 0.1) is 0 Å². The zero-order valence-corrected chi connectivity index (χ0v) is 13.5. The van der Waals surface area contributed by atoms with Crippen LogP contribution >= 0.6 is 0 Å². The Morgan fingerprint density at radius 3 is 2.45 bits per heavy atom. The van der Waals surface area contributed by atoms with Gasteiger partial charge >= 0.3 is 0 Å². The second-order valence-corrected chi connectivity index (χ2v) is 7.69. The molecule has 0 aliphatic carbocycles. The van der Waals surface area contributed by atoms with E-state index in [1.807, 2.05) is 0 Å². The fourth-order valence-corrected chi connectivity index (χ4v) is 4.51. The first-order valence-corrected chi connectivity index (χ1v) is 8.93. The zero-order valence-electron chi connectivity index (χ0n) is 13.5. The summed E-state index contributed by atoms with van der Waals surface area (Å²) in [5.41, 5.74) is 0. The summed E-state index contributed by atoms with van der Waals surface area (Å²) in [7, 11) is 0. The van der Waals surface area contributed by atoms with Crippen molar-refractivity contribution in [2.24, 2.45) is 5.92 Å². The van der Waals surface area contributed by atoms with Crippen molar-refractivity contribution in [3.63, 3.8) is 0 Å². The summed E-state index contributed by atoms with van der Waals surface area (Å²) in [4.78, 5) is 5.38. The van der Waals surface area contributed by atoms with Gasteiger partial charge < -0.3 is 15.1 Å². The van der Waals surface area contributed by atoms with Crippen LogP contribution in [0.2, 0.25) is 0 Å². The van der Waals surface area contributed by atoms with E-state index in [2.05, 4.69) is 29.0 Å². The minimum absolute atomic E-state index is 0.788. The largest absolute Gasteiger partial charge is 0.311 e. The molecule has 20 heavy (non-hydrogen) atoms. The summed E-state index contributed by atoms with van der Waals surface area (Å²) in [6, 6.07) is 2.50. The lowest BCUT2D eigenvalue weighted by Crippen LogP contribution is -2.51. The summed E-state index contributed by atoms with van der Waals surface area (Å²) < 4.78 is 0. The van der Waals surface area contributed by atoms with Crippen molar-refractivity contribution in [1.29, 1.82) is 0 Å². The third kappa shape index (κ3) is 3.75. The zero-order chi connectivity index (χ0) is 13.9. The smallest absolute Gasteiger partial charge is 0.0111 e. The molecule has 3 aliphatic rings. The van der Waals surface area contributed by atoms with Gasteiger partial charge in [0.1, 0.15) is 0 Å². The highest BCUT2D eigenvalue weighted by molar-refractivity contribution is 4.91. The van der Waals surface area contributed by atoms with Crippen LogP contribution in [0, 0.1) is 5.92 Å². The number of hydrogen-bond acceptors (Lipinski definition) is 3. The Labute approximate surface area is 125 Å². The van der Waals surface area contributed by atoms with E-state index in [-0.39, 0.29) is 0 Å². The van der Waals surface area contributed by atoms with Crippen LogP contribution in [-0.2, 0) is 0 Å². The fourth-order valence-electron chi connectivity index (χ4n) is 4.51. The molecule has 0 radical (unpaired) electrons. The van der Waals surface area contributed by atoms with Crippen LogP contribution in [-0.4, -0.2) is 60.6 Å². The molecule has 3 saturated heterocycles. The van der Waals surface area contributed by atoms with Crippen LogP contribution in [0.5, 0.6) is 0 Å². The second kappa shape index (κ2) is 6.76. The van der Waals surface area contributed by atoms with Crippen molar-refractivity contribution >= 4 is 0 Å². The van der Waals surface area contributed by atoms with Crippen LogP contribution in [0.3, 0.4) is 0 Å². The lowest BCUT2D eigenvalue weighted by molar-refractivity contribution is 0.137. The van der Waals surface area contributed by atoms with Crippen molar-refractivity contribution in [2.45, 2.75) is 70.5 Å². The Morgan fingerprint density at radius 2 is 1.70 bits per heavy atom. The molecule has 0 aromatic carbocycles. The maximum Gasteiger partial charge on any atom is 0.0111 e. The quantitative estimate of drug-likeness (QED) is 0.852. The molecule has 2 unspecified atom stereocenters. The molecule has 2 atom stereocenters. The van der Waals surface area contributed by atoms with Gasteiger partial charge in [-0.3, -0.25) is 0 Å². The van der Waals surface area contributed by atoms with Crippen molar-refractivity contribution in [1.82, 2.24) is 15.1 Å². The summed E-state index contributed by atoms with van der Waals surface area (Å²) in [5, 5.41) is 3.99. The number of nitrogens with one attached hydrogen (secondary N) is 1. The minimum Gasteiger partial charge on any atom is -0.311 e. The average molecular weight is 279 g/mol. The van der Waals surface area contributed by atoms with Crippen LogP contribution in [0.1, 0.15) is 52.4 Å². The number of likely N-dealkylation sites (tertiary alicyclic amines) is 1. The predicted octanol–water partition coefficient (Wildman–Crippen LogP) is 2.32. The Morgan fingerprint density at radius 1 is 0.950 bits per heavy atom. The van der Waals surface area contributed by atoms with Crippen molar-refractivity contribution in [3.8, 4) is 0 Å². The van der Waals surface area contributed by atoms with Gasteiger partial charge in [-0.1, -0.05) is 13.8 Å². The Hall–Kier alpha value is -0.120. The molecule has 1 N–H and O–H groups in total. The number of fused-ring (bicyclic) bond motifs is 1. The van der Waals surface area contributed by atoms with Gasteiger partial charge in [0.25, 0.3) is 0 Å². The van der Waals surface area contributed by atoms with Crippen LogP contribution in [0.4, 0.5) is 0 Å². The third-order valence-corrected chi connectivity index (χ3v) is 5.50. The van der Waals surface area contributed by atoms with Crippen molar-refractivity contribution in [2.75, 3.05) is 32.7 Å². The molecule has 3 heterocycles. The van der Waals surface area contributed by atoms with Crippen LogP contribution in [0.15, 0.2) is 0 Å². The molecule has 3 fully saturated rings. The van der Waals surface area contributed by atoms with E-state index in [0.717, 1.165) is 24.0 Å². The Bertz CT molecular complexity index is 297.